The third-order valence-corrected chi connectivity index (χ3v) is 16.6. The van der Waals surface area contributed by atoms with Gasteiger partial charge in [0.05, 0.1) is 37.1 Å². The lowest BCUT2D eigenvalue weighted by Crippen LogP contribution is -2.65. The molecule has 2 aliphatic heterocycles. The van der Waals surface area contributed by atoms with Gasteiger partial charge < -0.3 is 70.0 Å². The summed E-state index contributed by atoms with van der Waals surface area (Å²) in [6.07, 6.45) is -8.06. The van der Waals surface area contributed by atoms with E-state index >= 15 is 0 Å². The average Bonchev–Trinajstić information content (AvgIpc) is 3.40. The molecule has 0 aromatic heterocycles. The first-order chi connectivity index (χ1) is 25.9. The molecule has 0 bridgehead atoms. The maximum absolute atomic E-state index is 12.4. The molecule has 4 aliphatic carbocycles. The van der Waals surface area contributed by atoms with Crippen molar-refractivity contribution in [3.63, 3.8) is 0 Å². The van der Waals surface area contributed by atoms with Crippen LogP contribution < -0.4 is 0 Å². The normalized spacial score (nSPS) is 50.3. The van der Waals surface area contributed by atoms with Crippen molar-refractivity contribution in [2.45, 2.75) is 192 Å². The van der Waals surface area contributed by atoms with E-state index in [9.17, 15) is 51.1 Å². The highest BCUT2D eigenvalue weighted by Gasteiger charge is 2.70. The van der Waals surface area contributed by atoms with Crippen LogP contribution in [0.15, 0.2) is 11.6 Å². The first-order valence-corrected chi connectivity index (χ1v) is 21.0. The molecule has 4 unspecified atom stereocenters. The molecule has 2 saturated heterocycles. The van der Waals surface area contributed by atoms with E-state index in [1.54, 1.807) is 13.8 Å². The fourth-order valence-electron chi connectivity index (χ4n) is 12.6. The first-order valence-electron chi connectivity index (χ1n) is 21.0. The van der Waals surface area contributed by atoms with Crippen LogP contribution >= 0.6 is 0 Å². The minimum absolute atomic E-state index is 0.0159. The summed E-state index contributed by atoms with van der Waals surface area (Å²) in [5.41, 5.74) is -0.985. The van der Waals surface area contributed by atoms with Crippen LogP contribution in [0.5, 0.6) is 0 Å². The summed E-state index contributed by atoms with van der Waals surface area (Å²) in [5.74, 6) is 1.05. The molecule has 0 aromatic carbocycles. The molecule has 0 amide bonds. The largest absolute Gasteiger partial charge is 0.394 e. The Balaban J connectivity index is 1.16. The highest BCUT2D eigenvalue weighted by atomic mass is 16.7. The molecular weight excluding hydrogens is 728 g/mol. The lowest BCUT2D eigenvalue weighted by Gasteiger charge is -2.67. The molecule has 0 spiro atoms. The zero-order valence-corrected chi connectivity index (χ0v) is 34.6. The molecule has 14 nitrogen and oxygen atoms in total. The lowest BCUT2D eigenvalue weighted by atomic mass is 9.38. The van der Waals surface area contributed by atoms with Crippen molar-refractivity contribution >= 4 is 0 Å². The second kappa shape index (κ2) is 15.9. The van der Waals surface area contributed by atoms with Crippen LogP contribution in [0.2, 0.25) is 0 Å². The molecule has 14 heteroatoms. The molecule has 6 rings (SSSR count). The van der Waals surface area contributed by atoms with Gasteiger partial charge in [-0.2, -0.15) is 0 Å². The Bertz CT molecular complexity index is 1400. The number of aliphatic hydroxyl groups is 10. The summed E-state index contributed by atoms with van der Waals surface area (Å²) in [6.45, 7) is 15.8. The number of allylic oxidation sites excluding steroid dienone is 1. The van der Waals surface area contributed by atoms with Crippen LogP contribution in [0.1, 0.15) is 107 Å². The Morgan fingerprint density at radius 1 is 0.804 bits per heavy atom. The Hall–Kier alpha value is -0.820. The van der Waals surface area contributed by atoms with Crippen molar-refractivity contribution in [3.05, 3.63) is 11.6 Å². The topological polar surface area (TPSA) is 239 Å². The van der Waals surface area contributed by atoms with Crippen molar-refractivity contribution in [2.75, 3.05) is 13.2 Å². The minimum atomic E-state index is -1.67. The van der Waals surface area contributed by atoms with Gasteiger partial charge in [0.1, 0.15) is 48.8 Å². The van der Waals surface area contributed by atoms with Crippen molar-refractivity contribution in [1.82, 2.24) is 0 Å². The van der Waals surface area contributed by atoms with E-state index in [1.807, 2.05) is 0 Å². The van der Waals surface area contributed by atoms with Crippen molar-refractivity contribution < 1.29 is 70.0 Å². The SMILES string of the molecule is C[C@H](CC[C@@H](O)C(C)(C)O)C1CC[C@@]2(C)C3CC=C4C(CC[C@H](OC5O[C@H](CO[C@@H]6O[C@H](CO)[C@H](O)[C@H](O)[C@H]6O)[C@@H](O)[C@H](O)[C@H]5O)C4(C)C)[C@]3(C)[C@H](O)C[C@]12C. The zero-order valence-electron chi connectivity index (χ0n) is 34.6. The van der Waals surface area contributed by atoms with Gasteiger partial charge in [-0.15, -0.1) is 0 Å². The number of aliphatic hydroxyl groups excluding tert-OH is 9. The monoisotopic (exact) mass is 800 g/mol. The predicted molar refractivity (Wildman–Crippen MR) is 202 cm³/mol. The van der Waals surface area contributed by atoms with Crippen molar-refractivity contribution in [3.8, 4) is 0 Å². The molecule has 10 N–H and O–H groups in total. The summed E-state index contributed by atoms with van der Waals surface area (Å²) >= 11 is 0. The maximum atomic E-state index is 12.4. The summed E-state index contributed by atoms with van der Waals surface area (Å²) in [6, 6.07) is 0. The van der Waals surface area contributed by atoms with Crippen LogP contribution in [0.3, 0.4) is 0 Å². The molecule has 5 fully saturated rings. The maximum Gasteiger partial charge on any atom is 0.187 e. The molecule has 2 heterocycles. The Morgan fingerprint density at radius 2 is 1.41 bits per heavy atom. The molecule has 0 radical (unpaired) electrons. The molecule has 3 saturated carbocycles. The van der Waals surface area contributed by atoms with E-state index in [-0.39, 0.29) is 28.1 Å². The second-order valence-corrected chi connectivity index (χ2v) is 20.3. The number of ether oxygens (including phenoxy) is 4. The number of rotatable bonds is 11. The number of hydrogen-bond acceptors (Lipinski definition) is 14. The standard InChI is InChI=1S/C42H72O14/c1-20(9-13-27(44)39(4,5)52)21-15-16-40(6)26-12-10-22-23(42(26,8)28(45)17-41(21,40)7)11-14-29(38(22,2)3)56-37-35(51)33(49)31(47)25(55-37)19-53-36-34(50)32(48)30(46)24(18-43)54-36/h10,20-21,23-37,43-52H,9,11-19H2,1-8H3/t20-,21?,23?,24-,25-,26?,27-,28-,29+,30+,31-,32+,33+,34-,35-,36-,37?,40+,41-,42+/m1/s1. The van der Waals surface area contributed by atoms with Gasteiger partial charge in [0.15, 0.2) is 12.6 Å². The van der Waals surface area contributed by atoms with Gasteiger partial charge >= 0.3 is 0 Å². The summed E-state index contributed by atoms with van der Waals surface area (Å²) in [4.78, 5) is 0. The van der Waals surface area contributed by atoms with Gasteiger partial charge in [-0.1, -0.05) is 53.2 Å². The average molecular weight is 801 g/mol. The highest BCUT2D eigenvalue weighted by molar-refractivity contribution is 5.32. The van der Waals surface area contributed by atoms with E-state index in [0.29, 0.717) is 31.1 Å². The van der Waals surface area contributed by atoms with Crippen LogP contribution in [0.25, 0.3) is 0 Å². The number of fused-ring (bicyclic) bond motifs is 5. The Labute approximate surface area is 331 Å². The third-order valence-electron chi connectivity index (χ3n) is 16.6. The molecule has 56 heavy (non-hydrogen) atoms. The minimum Gasteiger partial charge on any atom is -0.394 e. The van der Waals surface area contributed by atoms with E-state index in [4.69, 9.17) is 18.9 Å². The van der Waals surface area contributed by atoms with Crippen LogP contribution in [0, 0.1) is 45.3 Å². The quantitative estimate of drug-likeness (QED) is 0.132. The fourth-order valence-corrected chi connectivity index (χ4v) is 12.6. The molecule has 6 aliphatic rings. The van der Waals surface area contributed by atoms with E-state index in [1.165, 1.54) is 5.57 Å². The van der Waals surface area contributed by atoms with Gasteiger partial charge in [-0.05, 0) is 99.7 Å². The van der Waals surface area contributed by atoms with Crippen molar-refractivity contribution in [2.24, 2.45) is 45.3 Å². The van der Waals surface area contributed by atoms with E-state index in [2.05, 4.69) is 47.6 Å². The van der Waals surface area contributed by atoms with Crippen LogP contribution in [0.4, 0.5) is 0 Å². The second-order valence-electron chi connectivity index (χ2n) is 20.3. The summed E-state index contributed by atoms with van der Waals surface area (Å²) in [5, 5.41) is 106. The first kappa shape index (κ1) is 44.7. The third kappa shape index (κ3) is 7.26. The number of hydrogen-bond donors (Lipinski definition) is 10. The van der Waals surface area contributed by atoms with Gasteiger partial charge in [0.2, 0.25) is 0 Å². The molecule has 324 valence electrons. The highest BCUT2D eigenvalue weighted by Crippen LogP contribution is 2.75. The van der Waals surface area contributed by atoms with E-state index < -0.39 is 104 Å². The summed E-state index contributed by atoms with van der Waals surface area (Å²) < 4.78 is 23.6. The predicted octanol–water partition coefficient (Wildman–Crippen LogP) is 1.12. The molecule has 20 atom stereocenters. The van der Waals surface area contributed by atoms with E-state index in [0.717, 1.165) is 32.1 Å². The van der Waals surface area contributed by atoms with Gasteiger partial charge in [-0.25, -0.2) is 0 Å². The van der Waals surface area contributed by atoms with Gasteiger partial charge in [0, 0.05) is 10.8 Å². The van der Waals surface area contributed by atoms with Gasteiger partial charge in [0.25, 0.3) is 0 Å². The molecule has 0 aromatic rings. The smallest absolute Gasteiger partial charge is 0.187 e. The summed E-state index contributed by atoms with van der Waals surface area (Å²) in [7, 11) is 0. The van der Waals surface area contributed by atoms with Crippen molar-refractivity contribution in [1.29, 1.82) is 0 Å². The fraction of sp³-hybridized carbons (Fsp3) is 0.952. The Kier molecular flexibility index (Phi) is 12.7. The van der Waals surface area contributed by atoms with Crippen LogP contribution in [-0.2, 0) is 18.9 Å². The van der Waals surface area contributed by atoms with Crippen LogP contribution in [-0.4, -0.2) is 150 Å². The zero-order chi connectivity index (χ0) is 41.5. The molecular formula is C42H72O14. The Morgan fingerprint density at radius 3 is 2.04 bits per heavy atom. The van der Waals surface area contributed by atoms with Gasteiger partial charge in [-0.3, -0.25) is 0 Å². The lowest BCUT2D eigenvalue weighted by molar-refractivity contribution is -0.340.